The Bertz CT molecular complexity index is 930. The van der Waals surface area contributed by atoms with E-state index in [0.717, 1.165) is 25.7 Å². The highest BCUT2D eigenvalue weighted by molar-refractivity contribution is 5.76. The van der Waals surface area contributed by atoms with Gasteiger partial charge < -0.3 is 4.90 Å². The number of hydrogen-bond donors (Lipinski definition) is 0. The molecule has 168 valence electrons. The smallest absolute Gasteiger partial charge is 0.336 e. The Morgan fingerprint density at radius 2 is 1.84 bits per heavy atom. The molecule has 1 aromatic heterocycles. The number of alkyl halides is 3. The van der Waals surface area contributed by atoms with Crippen molar-refractivity contribution in [3.05, 3.63) is 52.6 Å². The van der Waals surface area contributed by atoms with Crippen LogP contribution in [0.25, 0.3) is 0 Å². The van der Waals surface area contributed by atoms with E-state index >= 15 is 0 Å². The van der Waals surface area contributed by atoms with Gasteiger partial charge in [0.15, 0.2) is 5.69 Å². The van der Waals surface area contributed by atoms with Crippen LogP contribution in [0.2, 0.25) is 0 Å². The Labute approximate surface area is 179 Å². The predicted molar refractivity (Wildman–Crippen MR) is 108 cm³/mol. The van der Waals surface area contributed by atoms with Gasteiger partial charge in [-0.25, -0.2) is 4.39 Å². The van der Waals surface area contributed by atoms with Gasteiger partial charge in [0.1, 0.15) is 5.82 Å². The molecule has 2 aromatic rings. The highest BCUT2D eigenvalue weighted by atomic mass is 19.4. The second kappa shape index (κ2) is 8.63. The number of hydrogen-bond acceptors (Lipinski definition) is 2. The molecule has 1 unspecified atom stereocenters. The Hall–Kier alpha value is -2.38. The van der Waals surface area contributed by atoms with Crippen LogP contribution in [0.1, 0.15) is 74.0 Å². The van der Waals surface area contributed by atoms with Gasteiger partial charge in [-0.15, -0.1) is 0 Å². The zero-order valence-corrected chi connectivity index (χ0v) is 17.6. The van der Waals surface area contributed by atoms with Crippen LogP contribution in [-0.4, -0.2) is 27.1 Å². The van der Waals surface area contributed by atoms with E-state index in [1.54, 1.807) is 24.0 Å². The molecule has 1 amide bonds. The first kappa shape index (κ1) is 21.8. The minimum atomic E-state index is -4.56. The fourth-order valence-corrected chi connectivity index (χ4v) is 4.85. The first-order valence-electron chi connectivity index (χ1n) is 10.9. The fourth-order valence-electron chi connectivity index (χ4n) is 4.85. The summed E-state index contributed by atoms with van der Waals surface area (Å²) in [7, 11) is 0. The highest BCUT2D eigenvalue weighted by Crippen LogP contribution is 2.37. The summed E-state index contributed by atoms with van der Waals surface area (Å²) in [4.78, 5) is 14.6. The maximum Gasteiger partial charge on any atom is 0.435 e. The standard InChI is InChI=1S/C23H27F4N3O/c1-15(17-7-9-18(24)10-8-17)30-20-14-29(21(31)13-16-5-3-2-4-6-16)12-11-19(20)22(28-30)23(25,26)27/h7-10,15-16H,2-6,11-14H2,1H3. The number of carbonyl (C=O) groups excluding carboxylic acids is 1. The molecule has 8 heteroatoms. The third-order valence-corrected chi connectivity index (χ3v) is 6.62. The average Bonchev–Trinajstić information content (AvgIpc) is 3.14. The highest BCUT2D eigenvalue weighted by Gasteiger charge is 2.41. The van der Waals surface area contributed by atoms with Crippen molar-refractivity contribution in [2.75, 3.05) is 6.54 Å². The summed E-state index contributed by atoms with van der Waals surface area (Å²) < 4.78 is 55.7. The van der Waals surface area contributed by atoms with Crippen molar-refractivity contribution in [1.82, 2.24) is 14.7 Å². The number of amides is 1. The third kappa shape index (κ3) is 4.62. The fraction of sp³-hybridized carbons (Fsp3) is 0.565. The first-order chi connectivity index (χ1) is 14.7. The van der Waals surface area contributed by atoms with Gasteiger partial charge in [0, 0.05) is 18.5 Å². The zero-order valence-electron chi connectivity index (χ0n) is 17.6. The summed E-state index contributed by atoms with van der Waals surface area (Å²) in [5.41, 5.74) is 0.373. The van der Waals surface area contributed by atoms with E-state index in [1.807, 2.05) is 0 Å². The van der Waals surface area contributed by atoms with Crippen molar-refractivity contribution in [1.29, 1.82) is 0 Å². The predicted octanol–water partition coefficient (Wildman–Crippen LogP) is 5.51. The number of fused-ring (bicyclic) bond motifs is 1. The van der Waals surface area contributed by atoms with E-state index < -0.39 is 23.7 Å². The van der Waals surface area contributed by atoms with Gasteiger partial charge in [-0.2, -0.15) is 18.3 Å². The lowest BCUT2D eigenvalue weighted by molar-refractivity contribution is -0.142. The van der Waals surface area contributed by atoms with E-state index in [4.69, 9.17) is 0 Å². The molecule has 0 N–H and O–H groups in total. The monoisotopic (exact) mass is 437 g/mol. The van der Waals surface area contributed by atoms with Crippen LogP contribution in [0.4, 0.5) is 17.6 Å². The van der Waals surface area contributed by atoms with Crippen LogP contribution in [0.15, 0.2) is 24.3 Å². The van der Waals surface area contributed by atoms with Crippen LogP contribution in [0.5, 0.6) is 0 Å². The van der Waals surface area contributed by atoms with Crippen molar-refractivity contribution in [2.24, 2.45) is 5.92 Å². The summed E-state index contributed by atoms with van der Waals surface area (Å²) in [6.07, 6.45) is 1.60. The Kier molecular flexibility index (Phi) is 6.08. The normalized spacial score (nSPS) is 18.7. The van der Waals surface area contributed by atoms with Gasteiger partial charge in [0.25, 0.3) is 0 Å². The van der Waals surface area contributed by atoms with Crippen molar-refractivity contribution >= 4 is 5.91 Å². The lowest BCUT2D eigenvalue weighted by Crippen LogP contribution is -2.38. The summed E-state index contributed by atoms with van der Waals surface area (Å²) >= 11 is 0. The quantitative estimate of drug-likeness (QED) is 0.592. The molecule has 1 atom stereocenters. The molecule has 0 radical (unpaired) electrons. The van der Waals surface area contributed by atoms with Crippen molar-refractivity contribution in [2.45, 2.75) is 70.6 Å². The van der Waals surface area contributed by atoms with E-state index in [0.29, 0.717) is 23.6 Å². The van der Waals surface area contributed by atoms with Gasteiger partial charge >= 0.3 is 6.18 Å². The number of nitrogens with zero attached hydrogens (tertiary/aromatic N) is 3. The molecule has 1 fully saturated rings. The average molecular weight is 437 g/mol. The molecule has 4 rings (SSSR count). The van der Waals surface area contributed by atoms with E-state index in [9.17, 15) is 22.4 Å². The summed E-state index contributed by atoms with van der Waals surface area (Å²) in [6.45, 7) is 2.14. The molecule has 0 spiro atoms. The number of carbonyl (C=O) groups is 1. The SMILES string of the molecule is CC(c1ccc(F)cc1)n1nc(C(F)(F)F)c2c1CN(C(=O)CC1CCCCC1)CC2. The Morgan fingerprint density at radius 3 is 2.48 bits per heavy atom. The summed E-state index contributed by atoms with van der Waals surface area (Å²) in [5.74, 6) is -0.0290. The molecule has 2 aliphatic rings. The number of benzene rings is 1. The molecule has 31 heavy (non-hydrogen) atoms. The van der Waals surface area contributed by atoms with Crippen LogP contribution in [0.3, 0.4) is 0 Å². The minimum Gasteiger partial charge on any atom is -0.336 e. The molecule has 1 saturated carbocycles. The maximum atomic E-state index is 13.7. The van der Waals surface area contributed by atoms with Crippen LogP contribution in [0, 0.1) is 11.7 Å². The number of halogens is 4. The van der Waals surface area contributed by atoms with Gasteiger partial charge in [-0.05, 0) is 49.8 Å². The number of aromatic nitrogens is 2. The molecular weight excluding hydrogens is 410 g/mol. The minimum absolute atomic E-state index is 0.00768. The van der Waals surface area contributed by atoms with Crippen LogP contribution in [-0.2, 0) is 23.9 Å². The zero-order chi connectivity index (χ0) is 22.2. The molecule has 4 nitrogen and oxygen atoms in total. The van der Waals surface area contributed by atoms with Crippen molar-refractivity contribution in [3.8, 4) is 0 Å². The second-order valence-electron chi connectivity index (χ2n) is 8.72. The molecule has 1 aliphatic carbocycles. The van der Waals surface area contributed by atoms with Gasteiger partial charge in [0.2, 0.25) is 5.91 Å². The van der Waals surface area contributed by atoms with Crippen molar-refractivity contribution < 1.29 is 22.4 Å². The maximum absolute atomic E-state index is 13.7. The van der Waals surface area contributed by atoms with E-state index in [2.05, 4.69) is 5.10 Å². The molecular formula is C23H27F4N3O. The molecule has 2 heterocycles. The van der Waals surface area contributed by atoms with E-state index in [-0.39, 0.29) is 31.0 Å². The largest absolute Gasteiger partial charge is 0.435 e. The third-order valence-electron chi connectivity index (χ3n) is 6.62. The summed E-state index contributed by atoms with van der Waals surface area (Å²) in [5, 5.41) is 3.93. The van der Waals surface area contributed by atoms with E-state index in [1.165, 1.54) is 23.2 Å². The Morgan fingerprint density at radius 1 is 1.16 bits per heavy atom. The lowest BCUT2D eigenvalue weighted by Gasteiger charge is -2.31. The van der Waals surface area contributed by atoms with Gasteiger partial charge in [0.05, 0.1) is 18.3 Å². The molecule has 0 saturated heterocycles. The first-order valence-corrected chi connectivity index (χ1v) is 10.9. The topological polar surface area (TPSA) is 38.1 Å². The second-order valence-corrected chi connectivity index (χ2v) is 8.72. The Balaban J connectivity index is 1.61. The van der Waals surface area contributed by atoms with Crippen LogP contribution < -0.4 is 0 Å². The molecule has 1 aromatic carbocycles. The molecule has 1 aliphatic heterocycles. The van der Waals surface area contributed by atoms with Gasteiger partial charge in [-0.1, -0.05) is 31.4 Å². The molecule has 0 bridgehead atoms. The lowest BCUT2D eigenvalue weighted by atomic mass is 9.86. The number of rotatable bonds is 4. The van der Waals surface area contributed by atoms with Crippen molar-refractivity contribution in [3.63, 3.8) is 0 Å². The summed E-state index contributed by atoms with van der Waals surface area (Å²) in [6, 6.07) is 5.16. The van der Waals surface area contributed by atoms with Crippen LogP contribution >= 0.6 is 0 Å². The van der Waals surface area contributed by atoms with Gasteiger partial charge in [-0.3, -0.25) is 9.48 Å².